The second-order valence-electron chi connectivity index (χ2n) is 7.81. The van der Waals surface area contributed by atoms with Crippen molar-refractivity contribution < 1.29 is 28.4 Å². The Morgan fingerprint density at radius 2 is 1.83 bits per heavy atom. The minimum Gasteiger partial charge on any atom is -0.465 e. The quantitative estimate of drug-likeness (QED) is 0.148. The summed E-state index contributed by atoms with van der Waals surface area (Å²) in [5.41, 5.74) is 5.55. The first-order chi connectivity index (χ1) is 16.6. The third kappa shape index (κ3) is 8.42. The molecule has 14 nitrogen and oxygen atoms in total. The molecule has 0 aliphatic heterocycles. The summed E-state index contributed by atoms with van der Waals surface area (Å²) < 4.78 is 30.9. The number of nitrogen functional groups attached to an aromatic ring is 1. The SMILES string of the molecule is CCCCOC(=O)[C@@H](C)NP(=O)(COCCn1cnc2c(=O)[nH]c(N)nc21)N[C@H](C)C(=O)OCC. The maximum absolute atomic E-state index is 13.6. The van der Waals surface area contributed by atoms with Crippen LogP contribution in [0.2, 0.25) is 0 Å². The average molecular weight is 516 g/mol. The minimum absolute atomic E-state index is 0.0455. The van der Waals surface area contributed by atoms with Crippen LogP contribution in [0.4, 0.5) is 5.95 Å². The number of carbonyl (C=O) groups is 2. The Bertz CT molecular complexity index is 1100. The highest BCUT2D eigenvalue weighted by Crippen LogP contribution is 2.37. The molecule has 0 radical (unpaired) electrons. The summed E-state index contributed by atoms with van der Waals surface area (Å²) in [6.45, 7) is 7.37. The number of nitrogens with two attached hydrogens (primary N) is 1. The van der Waals surface area contributed by atoms with Crippen molar-refractivity contribution >= 4 is 36.5 Å². The van der Waals surface area contributed by atoms with Crippen LogP contribution in [0, 0.1) is 0 Å². The number of aromatic amines is 1. The zero-order valence-corrected chi connectivity index (χ0v) is 21.3. The highest BCUT2D eigenvalue weighted by atomic mass is 31.2. The number of ether oxygens (including phenoxy) is 3. The normalized spacial score (nSPS) is 14.9. The summed E-state index contributed by atoms with van der Waals surface area (Å²) in [5, 5.41) is 5.44. The molecule has 0 aromatic carbocycles. The van der Waals surface area contributed by atoms with Gasteiger partial charge in [0.2, 0.25) is 13.4 Å². The van der Waals surface area contributed by atoms with E-state index in [0.29, 0.717) is 6.42 Å². The summed E-state index contributed by atoms with van der Waals surface area (Å²) in [7, 11) is -3.61. The van der Waals surface area contributed by atoms with Crippen molar-refractivity contribution in [3.05, 3.63) is 16.7 Å². The summed E-state index contributed by atoms with van der Waals surface area (Å²) in [5.74, 6) is -1.20. The number of imidazole rings is 1. The lowest BCUT2D eigenvalue weighted by Gasteiger charge is -2.26. The van der Waals surface area contributed by atoms with E-state index in [1.807, 2.05) is 6.92 Å². The van der Waals surface area contributed by atoms with Crippen molar-refractivity contribution in [1.29, 1.82) is 0 Å². The van der Waals surface area contributed by atoms with Gasteiger partial charge in [-0.05, 0) is 27.2 Å². The molecular formula is C20H34N7O7P. The summed E-state index contributed by atoms with van der Waals surface area (Å²) >= 11 is 0. The van der Waals surface area contributed by atoms with Gasteiger partial charge in [0.25, 0.3) is 5.56 Å². The van der Waals surface area contributed by atoms with E-state index in [9.17, 15) is 18.9 Å². The summed E-state index contributed by atoms with van der Waals surface area (Å²) in [6.07, 6.45) is 2.66. The average Bonchev–Trinajstić information content (AvgIpc) is 3.19. The van der Waals surface area contributed by atoms with Crippen molar-refractivity contribution in [1.82, 2.24) is 29.7 Å². The van der Waals surface area contributed by atoms with E-state index in [1.54, 1.807) is 11.5 Å². The lowest BCUT2D eigenvalue weighted by atomic mass is 10.3. The van der Waals surface area contributed by atoms with Crippen molar-refractivity contribution in [2.45, 2.75) is 59.2 Å². The van der Waals surface area contributed by atoms with Gasteiger partial charge in [-0.15, -0.1) is 0 Å². The zero-order valence-electron chi connectivity index (χ0n) is 20.4. The van der Waals surface area contributed by atoms with Crippen LogP contribution in [-0.4, -0.2) is 69.7 Å². The largest absolute Gasteiger partial charge is 0.465 e. The zero-order chi connectivity index (χ0) is 26.0. The number of nitrogens with one attached hydrogen (secondary N) is 3. The van der Waals surface area contributed by atoms with Crippen molar-refractivity contribution in [3.63, 3.8) is 0 Å². The van der Waals surface area contributed by atoms with Crippen LogP contribution in [0.15, 0.2) is 11.1 Å². The third-order valence-corrected chi connectivity index (χ3v) is 6.94. The first-order valence-electron chi connectivity index (χ1n) is 11.4. The molecule has 15 heteroatoms. The fourth-order valence-electron chi connectivity index (χ4n) is 3.04. The monoisotopic (exact) mass is 515 g/mol. The highest BCUT2D eigenvalue weighted by Gasteiger charge is 2.32. The number of carbonyl (C=O) groups excluding carboxylic acids is 2. The van der Waals surface area contributed by atoms with E-state index in [4.69, 9.17) is 19.9 Å². The van der Waals surface area contributed by atoms with Crippen LogP contribution in [0.5, 0.6) is 0 Å². The van der Waals surface area contributed by atoms with Gasteiger partial charge in [-0.3, -0.25) is 23.9 Å². The maximum Gasteiger partial charge on any atom is 0.323 e. The van der Waals surface area contributed by atoms with Gasteiger partial charge in [-0.2, -0.15) is 4.98 Å². The van der Waals surface area contributed by atoms with E-state index in [1.165, 1.54) is 20.2 Å². The van der Waals surface area contributed by atoms with Gasteiger partial charge in [-0.25, -0.2) is 15.2 Å². The second-order valence-corrected chi connectivity index (χ2v) is 10.1. The number of anilines is 1. The third-order valence-electron chi connectivity index (χ3n) is 4.78. The smallest absolute Gasteiger partial charge is 0.323 e. The number of aromatic nitrogens is 4. The Kier molecular flexibility index (Phi) is 10.8. The van der Waals surface area contributed by atoms with Gasteiger partial charge in [0, 0.05) is 6.54 Å². The lowest BCUT2D eigenvalue weighted by molar-refractivity contribution is -0.145. The molecule has 0 spiro atoms. The first-order valence-corrected chi connectivity index (χ1v) is 13.3. The minimum atomic E-state index is -3.61. The fraction of sp³-hybridized carbons (Fsp3) is 0.650. The van der Waals surface area contributed by atoms with Gasteiger partial charge >= 0.3 is 11.9 Å². The molecule has 2 aromatic heterocycles. The number of H-pyrrole nitrogens is 1. The number of fused-ring (bicyclic) bond motifs is 1. The van der Waals surface area contributed by atoms with E-state index in [2.05, 4.69) is 25.1 Å². The van der Waals surface area contributed by atoms with Crippen LogP contribution in [0.1, 0.15) is 40.5 Å². The Morgan fingerprint density at radius 1 is 1.17 bits per heavy atom. The van der Waals surface area contributed by atoms with Crippen LogP contribution in [0.25, 0.3) is 11.2 Å². The van der Waals surface area contributed by atoms with Gasteiger partial charge in [0.15, 0.2) is 11.2 Å². The number of hydrogen-bond acceptors (Lipinski definition) is 10. The van der Waals surface area contributed by atoms with E-state index in [0.717, 1.165) is 6.42 Å². The number of nitrogens with zero attached hydrogens (tertiary/aromatic N) is 3. The van der Waals surface area contributed by atoms with Gasteiger partial charge in [0.05, 0.1) is 26.1 Å². The van der Waals surface area contributed by atoms with E-state index >= 15 is 0 Å². The molecule has 2 heterocycles. The Hall–Kier alpha value is -2.80. The number of rotatable bonds is 15. The molecule has 1 unspecified atom stereocenters. The maximum atomic E-state index is 13.6. The van der Waals surface area contributed by atoms with Crippen molar-refractivity contribution in [2.75, 3.05) is 31.9 Å². The summed E-state index contributed by atoms with van der Waals surface area (Å²) in [6, 6.07) is -1.84. The van der Waals surface area contributed by atoms with Crippen molar-refractivity contribution in [2.24, 2.45) is 0 Å². The van der Waals surface area contributed by atoms with Crippen LogP contribution in [0.3, 0.4) is 0 Å². The fourth-order valence-corrected chi connectivity index (χ4v) is 5.11. The first kappa shape index (κ1) is 28.4. The molecule has 0 amide bonds. The summed E-state index contributed by atoms with van der Waals surface area (Å²) in [4.78, 5) is 46.7. The Labute approximate surface area is 202 Å². The number of esters is 2. The van der Waals surface area contributed by atoms with Gasteiger partial charge in [-0.1, -0.05) is 13.3 Å². The van der Waals surface area contributed by atoms with Crippen LogP contribution >= 0.6 is 7.44 Å². The molecule has 3 atom stereocenters. The Morgan fingerprint density at radius 3 is 2.46 bits per heavy atom. The van der Waals surface area contributed by atoms with Crippen molar-refractivity contribution in [3.8, 4) is 0 Å². The van der Waals surface area contributed by atoms with Gasteiger partial charge < -0.3 is 24.5 Å². The van der Waals surface area contributed by atoms with E-state index < -0.39 is 37.0 Å². The highest BCUT2D eigenvalue weighted by molar-refractivity contribution is 7.59. The van der Waals surface area contributed by atoms with Crippen LogP contribution < -0.4 is 21.5 Å². The molecule has 196 valence electrons. The predicted molar refractivity (Wildman–Crippen MR) is 129 cm³/mol. The molecular weight excluding hydrogens is 481 g/mol. The predicted octanol–water partition coefficient (Wildman–Crippen LogP) is 0.732. The second kappa shape index (κ2) is 13.3. The van der Waals surface area contributed by atoms with Crippen LogP contribution in [-0.2, 0) is 34.9 Å². The topological polar surface area (TPSA) is 193 Å². The molecule has 2 rings (SSSR count). The number of hydrogen-bond donors (Lipinski definition) is 4. The molecule has 0 fully saturated rings. The molecule has 0 bridgehead atoms. The molecule has 0 aliphatic rings. The molecule has 0 aliphatic carbocycles. The van der Waals surface area contributed by atoms with Gasteiger partial charge in [0.1, 0.15) is 18.4 Å². The molecule has 35 heavy (non-hydrogen) atoms. The standard InChI is InChI=1S/C20H34N7O7P/c1-5-7-9-34-19(30)14(4)26-35(31,25-13(3)18(29)33-6-2)12-32-10-8-27-11-22-15-16(27)23-20(21)24-17(15)28/h11,13-14H,5-10,12H2,1-4H3,(H2,25,26,31)(H3,21,23,24,28)/t13-,14-,35?/m1/s1. The molecule has 0 saturated heterocycles. The van der Waals surface area contributed by atoms with E-state index in [-0.39, 0.29) is 49.8 Å². The molecule has 5 N–H and O–H groups in total. The molecule has 2 aromatic rings. The lowest BCUT2D eigenvalue weighted by Crippen LogP contribution is -2.43. The Balaban J connectivity index is 2.04. The molecule has 0 saturated carbocycles. The number of unbranched alkanes of at least 4 members (excludes halogenated alkanes) is 1.